The van der Waals surface area contributed by atoms with E-state index in [0.717, 1.165) is 77.7 Å². The first kappa shape index (κ1) is 27.0. The van der Waals surface area contributed by atoms with Crippen molar-refractivity contribution in [2.45, 2.75) is 0 Å². The van der Waals surface area contributed by atoms with Gasteiger partial charge in [0.1, 0.15) is 11.2 Å². The van der Waals surface area contributed by atoms with Crippen molar-refractivity contribution in [3.8, 4) is 56.2 Å². The number of nitrogens with zero attached hydrogens (tertiary/aromatic N) is 2. The fraction of sp³-hybridized carbons (Fsp3) is 0. The third-order valence-corrected chi connectivity index (χ3v) is 8.87. The number of fused-ring (bicyclic) bond motifs is 4. The van der Waals surface area contributed by atoms with Gasteiger partial charge in [-0.1, -0.05) is 127 Å². The summed E-state index contributed by atoms with van der Waals surface area (Å²) < 4.78 is 6.29. The minimum Gasteiger partial charge on any atom is -0.456 e. The zero-order valence-electron chi connectivity index (χ0n) is 25.5. The van der Waals surface area contributed by atoms with Crippen molar-refractivity contribution in [1.82, 2.24) is 9.97 Å². The van der Waals surface area contributed by atoms with Gasteiger partial charge >= 0.3 is 0 Å². The Hall–Kier alpha value is -6.32. The number of para-hydroxylation sites is 1. The molecule has 47 heavy (non-hydrogen) atoms. The average molecular weight is 601 g/mol. The molecule has 0 radical (unpaired) electrons. The number of benzene rings is 7. The van der Waals surface area contributed by atoms with Crippen LogP contribution in [0.5, 0.6) is 0 Å². The van der Waals surface area contributed by atoms with Crippen LogP contribution < -0.4 is 0 Å². The second kappa shape index (κ2) is 11.2. The van der Waals surface area contributed by atoms with Crippen molar-refractivity contribution in [3.63, 3.8) is 0 Å². The Kier molecular flexibility index (Phi) is 6.46. The lowest BCUT2D eigenvalue weighted by atomic mass is 9.94. The third-order valence-electron chi connectivity index (χ3n) is 8.87. The van der Waals surface area contributed by atoms with Crippen molar-refractivity contribution in [1.29, 1.82) is 0 Å². The van der Waals surface area contributed by atoms with Gasteiger partial charge in [-0.2, -0.15) is 0 Å². The molecular weight excluding hydrogens is 572 g/mol. The van der Waals surface area contributed by atoms with E-state index in [1.165, 1.54) is 5.39 Å². The molecule has 0 aliphatic carbocycles. The van der Waals surface area contributed by atoms with Crippen LogP contribution >= 0.6 is 0 Å². The Morgan fingerprint density at radius 3 is 1.79 bits per heavy atom. The van der Waals surface area contributed by atoms with Crippen LogP contribution in [-0.2, 0) is 0 Å². The van der Waals surface area contributed by atoms with Gasteiger partial charge in [-0.15, -0.1) is 0 Å². The molecule has 2 aromatic heterocycles. The lowest BCUT2D eigenvalue weighted by molar-refractivity contribution is 0.669. The smallest absolute Gasteiger partial charge is 0.160 e. The molecule has 0 N–H and O–H groups in total. The minimum atomic E-state index is 0.696. The van der Waals surface area contributed by atoms with Crippen molar-refractivity contribution in [3.05, 3.63) is 170 Å². The Labute approximate surface area is 272 Å². The molecule has 0 aliphatic rings. The zero-order chi connectivity index (χ0) is 31.2. The van der Waals surface area contributed by atoms with E-state index < -0.39 is 0 Å². The minimum absolute atomic E-state index is 0.696. The molecule has 0 bridgehead atoms. The molecule has 2 heterocycles. The van der Waals surface area contributed by atoms with Crippen LogP contribution in [0.3, 0.4) is 0 Å². The largest absolute Gasteiger partial charge is 0.456 e. The first-order valence-electron chi connectivity index (χ1n) is 15.8. The van der Waals surface area contributed by atoms with Crippen LogP contribution in [0.1, 0.15) is 0 Å². The number of hydrogen-bond acceptors (Lipinski definition) is 3. The van der Waals surface area contributed by atoms with Crippen LogP contribution in [0.4, 0.5) is 0 Å². The Balaban J connectivity index is 1.27. The summed E-state index contributed by atoms with van der Waals surface area (Å²) >= 11 is 0. The van der Waals surface area contributed by atoms with E-state index in [4.69, 9.17) is 14.4 Å². The monoisotopic (exact) mass is 600 g/mol. The molecule has 0 unspecified atom stereocenters. The molecule has 3 nitrogen and oxygen atoms in total. The van der Waals surface area contributed by atoms with Crippen molar-refractivity contribution >= 4 is 32.7 Å². The predicted octanol–water partition coefficient (Wildman–Crippen LogP) is 11.9. The van der Waals surface area contributed by atoms with Crippen LogP contribution in [0, 0.1) is 0 Å². The van der Waals surface area contributed by atoms with Crippen LogP contribution in [0.25, 0.3) is 88.9 Å². The summed E-state index contributed by atoms with van der Waals surface area (Å²) in [6, 6.07) is 59.2. The maximum absolute atomic E-state index is 6.29. The van der Waals surface area contributed by atoms with E-state index >= 15 is 0 Å². The van der Waals surface area contributed by atoms with E-state index in [0.29, 0.717) is 5.82 Å². The number of furan rings is 1. The summed E-state index contributed by atoms with van der Waals surface area (Å²) in [6.45, 7) is 0. The normalized spacial score (nSPS) is 11.4. The van der Waals surface area contributed by atoms with Gasteiger partial charge in [0.05, 0.1) is 11.4 Å². The molecule has 0 spiro atoms. The van der Waals surface area contributed by atoms with E-state index in [-0.39, 0.29) is 0 Å². The quantitative estimate of drug-likeness (QED) is 0.197. The maximum Gasteiger partial charge on any atom is 0.160 e. The highest BCUT2D eigenvalue weighted by atomic mass is 16.3. The highest BCUT2D eigenvalue weighted by Gasteiger charge is 2.16. The molecule has 0 atom stereocenters. The summed E-state index contributed by atoms with van der Waals surface area (Å²) in [4.78, 5) is 10.3. The van der Waals surface area contributed by atoms with Gasteiger partial charge in [-0.05, 0) is 75.5 Å². The van der Waals surface area contributed by atoms with Gasteiger partial charge in [-0.25, -0.2) is 9.97 Å². The zero-order valence-corrected chi connectivity index (χ0v) is 25.5. The fourth-order valence-electron chi connectivity index (χ4n) is 6.54. The lowest BCUT2D eigenvalue weighted by Gasteiger charge is -2.14. The summed E-state index contributed by atoms with van der Waals surface area (Å²) in [5.41, 5.74) is 11.1. The summed E-state index contributed by atoms with van der Waals surface area (Å²) in [6.07, 6.45) is 0. The van der Waals surface area contributed by atoms with Crippen LogP contribution in [-0.4, -0.2) is 9.97 Å². The molecule has 9 rings (SSSR count). The molecule has 7 aromatic carbocycles. The first-order valence-corrected chi connectivity index (χ1v) is 15.8. The van der Waals surface area contributed by atoms with Gasteiger partial charge in [0, 0.05) is 27.5 Å². The standard InChI is InChI=1S/C44H28N2O/c1-3-12-29(13-4-1)33-24-34(32-22-23-39-38-19-9-10-21-42(38)47-43(39)27-32)26-35(25-33)40-28-41(46-44(45-40)31-15-5-2-6-16-31)37-20-11-17-30-14-7-8-18-36(30)37/h1-28H. The van der Waals surface area contributed by atoms with E-state index in [1.54, 1.807) is 0 Å². The molecule has 0 saturated carbocycles. The second-order valence-electron chi connectivity index (χ2n) is 11.8. The number of aromatic nitrogens is 2. The number of hydrogen-bond donors (Lipinski definition) is 0. The van der Waals surface area contributed by atoms with Crippen molar-refractivity contribution in [2.75, 3.05) is 0 Å². The van der Waals surface area contributed by atoms with Gasteiger partial charge < -0.3 is 4.42 Å². The van der Waals surface area contributed by atoms with Gasteiger partial charge in [0.2, 0.25) is 0 Å². The third kappa shape index (κ3) is 4.95. The molecule has 9 aromatic rings. The molecule has 0 saturated heterocycles. The Morgan fingerprint density at radius 2 is 0.957 bits per heavy atom. The Bertz CT molecular complexity index is 2560. The van der Waals surface area contributed by atoms with E-state index in [2.05, 4.69) is 140 Å². The summed E-state index contributed by atoms with van der Waals surface area (Å²) in [7, 11) is 0. The van der Waals surface area contributed by atoms with E-state index in [9.17, 15) is 0 Å². The molecule has 3 heteroatoms. The highest BCUT2D eigenvalue weighted by molar-refractivity contribution is 6.06. The molecule has 0 amide bonds. The van der Waals surface area contributed by atoms with Crippen LogP contribution in [0.2, 0.25) is 0 Å². The summed E-state index contributed by atoms with van der Waals surface area (Å²) in [5, 5.41) is 4.59. The molecule has 0 aliphatic heterocycles. The predicted molar refractivity (Wildman–Crippen MR) is 194 cm³/mol. The topological polar surface area (TPSA) is 38.9 Å². The number of rotatable bonds is 5. The fourth-order valence-corrected chi connectivity index (χ4v) is 6.54. The van der Waals surface area contributed by atoms with Gasteiger partial charge in [-0.3, -0.25) is 0 Å². The Morgan fingerprint density at radius 1 is 0.340 bits per heavy atom. The SMILES string of the molecule is c1ccc(-c2cc(-c3ccc4c(c3)oc3ccccc34)cc(-c3cc(-c4cccc5ccccc45)nc(-c4ccccc4)n3)c2)cc1. The summed E-state index contributed by atoms with van der Waals surface area (Å²) in [5.74, 6) is 0.696. The maximum atomic E-state index is 6.29. The molecule has 220 valence electrons. The average Bonchev–Trinajstić information content (AvgIpc) is 3.53. The lowest BCUT2D eigenvalue weighted by Crippen LogP contribution is -1.97. The van der Waals surface area contributed by atoms with Gasteiger partial charge in [0.15, 0.2) is 5.82 Å². The van der Waals surface area contributed by atoms with Crippen molar-refractivity contribution in [2.24, 2.45) is 0 Å². The molecule has 0 fully saturated rings. The first-order chi connectivity index (χ1) is 23.3. The highest BCUT2D eigenvalue weighted by Crippen LogP contribution is 2.38. The van der Waals surface area contributed by atoms with Gasteiger partial charge in [0.25, 0.3) is 0 Å². The van der Waals surface area contributed by atoms with E-state index in [1.807, 2.05) is 30.3 Å². The second-order valence-corrected chi connectivity index (χ2v) is 11.8. The van der Waals surface area contributed by atoms with Crippen molar-refractivity contribution < 1.29 is 4.42 Å². The molecular formula is C44H28N2O. The van der Waals surface area contributed by atoms with Crippen LogP contribution in [0.15, 0.2) is 174 Å².